The van der Waals surface area contributed by atoms with E-state index in [0.717, 1.165) is 35.1 Å². The van der Waals surface area contributed by atoms with Gasteiger partial charge < -0.3 is 19.8 Å². The van der Waals surface area contributed by atoms with E-state index >= 15 is 0 Å². The molecule has 2 heterocycles. The molecular formula is C19H20FN3O3S. The maximum absolute atomic E-state index is 14.3. The highest BCUT2D eigenvalue weighted by molar-refractivity contribution is 7.07. The van der Waals surface area contributed by atoms with E-state index in [9.17, 15) is 9.18 Å². The summed E-state index contributed by atoms with van der Waals surface area (Å²) in [5.74, 6) is -0.254. The van der Waals surface area contributed by atoms with Crippen LogP contribution in [0.3, 0.4) is 0 Å². The first kappa shape index (κ1) is 17.9. The highest BCUT2D eigenvalue weighted by atomic mass is 32.1. The second-order valence-electron chi connectivity index (χ2n) is 6.83. The molecule has 1 amide bonds. The van der Waals surface area contributed by atoms with E-state index in [1.807, 2.05) is 11.4 Å². The Morgan fingerprint density at radius 1 is 1.41 bits per heavy atom. The number of thiazole rings is 1. The number of fused-ring (bicyclic) bond motifs is 1. The number of carbonyl (C=O) groups is 1. The number of carbonyl (C=O) groups excluding carboxylic acids is 1. The summed E-state index contributed by atoms with van der Waals surface area (Å²) in [5, 5.41) is 5.53. The second kappa shape index (κ2) is 7.28. The van der Waals surface area contributed by atoms with Gasteiger partial charge in [-0.2, -0.15) is 0 Å². The molecule has 1 fully saturated rings. The third-order valence-electron chi connectivity index (χ3n) is 4.78. The summed E-state index contributed by atoms with van der Waals surface area (Å²) < 4.78 is 25.0. The zero-order valence-corrected chi connectivity index (χ0v) is 15.7. The molecule has 142 valence electrons. The largest absolute Gasteiger partial charge is 0.484 e. The van der Waals surface area contributed by atoms with Crippen molar-refractivity contribution in [2.75, 3.05) is 13.7 Å². The molecule has 1 saturated carbocycles. The van der Waals surface area contributed by atoms with Gasteiger partial charge in [0, 0.05) is 35.2 Å². The van der Waals surface area contributed by atoms with E-state index in [4.69, 9.17) is 9.47 Å². The third-order valence-corrected chi connectivity index (χ3v) is 5.42. The van der Waals surface area contributed by atoms with Crippen LogP contribution in [0.4, 0.5) is 4.39 Å². The van der Waals surface area contributed by atoms with Gasteiger partial charge in [0.05, 0.1) is 29.8 Å². The predicted molar refractivity (Wildman–Crippen MR) is 100 cm³/mol. The van der Waals surface area contributed by atoms with Crippen molar-refractivity contribution in [3.05, 3.63) is 46.3 Å². The van der Waals surface area contributed by atoms with Crippen molar-refractivity contribution in [1.29, 1.82) is 0 Å². The number of methoxy groups -OCH3 is 1. The molecule has 2 aromatic heterocycles. The number of nitrogens with zero attached hydrogens (tertiary/aromatic N) is 1. The van der Waals surface area contributed by atoms with Crippen LogP contribution in [0.15, 0.2) is 29.1 Å². The Kier molecular flexibility index (Phi) is 4.84. The SMILES string of the molecule is COCC1(C(=O)NCc2cc3cc(F)c(OCc4cscn4)cc3[nH]2)CC1. The molecule has 0 atom stereocenters. The standard InChI is InChI=1S/C19H20FN3O3S/c1-25-10-19(2-3-19)18(24)21-7-13-4-12-5-15(20)17(6-16(12)23-13)26-8-14-9-27-11-22-14/h4-6,9,11,23H,2-3,7-8,10H2,1H3,(H,21,24). The van der Waals surface area contributed by atoms with Gasteiger partial charge in [-0.15, -0.1) is 11.3 Å². The number of amides is 1. The Balaban J connectivity index is 1.43. The van der Waals surface area contributed by atoms with Crippen LogP contribution in [0, 0.1) is 11.2 Å². The van der Waals surface area contributed by atoms with E-state index in [1.165, 1.54) is 17.4 Å². The fourth-order valence-corrected chi connectivity index (χ4v) is 3.63. The molecule has 27 heavy (non-hydrogen) atoms. The highest BCUT2D eigenvalue weighted by Gasteiger charge is 2.49. The van der Waals surface area contributed by atoms with Crippen LogP contribution < -0.4 is 10.1 Å². The van der Waals surface area contributed by atoms with Crippen molar-refractivity contribution in [1.82, 2.24) is 15.3 Å². The van der Waals surface area contributed by atoms with Gasteiger partial charge in [0.2, 0.25) is 5.91 Å². The van der Waals surface area contributed by atoms with Crippen LogP contribution in [-0.4, -0.2) is 29.6 Å². The van der Waals surface area contributed by atoms with Crippen LogP contribution in [0.5, 0.6) is 5.75 Å². The summed E-state index contributed by atoms with van der Waals surface area (Å²) in [6.45, 7) is 1.02. The zero-order chi connectivity index (χ0) is 18.9. The van der Waals surface area contributed by atoms with Crippen molar-refractivity contribution < 1.29 is 18.7 Å². The molecule has 4 rings (SSSR count). The number of ether oxygens (including phenoxy) is 2. The first-order valence-electron chi connectivity index (χ1n) is 8.68. The molecule has 0 saturated heterocycles. The Hall–Kier alpha value is -2.45. The van der Waals surface area contributed by atoms with Crippen LogP contribution in [0.1, 0.15) is 24.2 Å². The summed E-state index contributed by atoms with van der Waals surface area (Å²) in [6, 6.07) is 4.90. The van der Waals surface area contributed by atoms with E-state index in [-0.39, 0.29) is 23.7 Å². The van der Waals surface area contributed by atoms with Crippen molar-refractivity contribution >= 4 is 28.1 Å². The minimum Gasteiger partial charge on any atom is -0.484 e. The molecule has 0 radical (unpaired) electrons. The number of H-pyrrole nitrogens is 1. The van der Waals surface area contributed by atoms with Crippen LogP contribution >= 0.6 is 11.3 Å². The molecule has 0 unspecified atom stereocenters. The summed E-state index contributed by atoms with van der Waals surface area (Å²) in [4.78, 5) is 19.7. The number of benzene rings is 1. The number of halogens is 1. The van der Waals surface area contributed by atoms with E-state index in [1.54, 1.807) is 18.7 Å². The number of rotatable bonds is 8. The predicted octanol–water partition coefficient (Wildman–Crippen LogP) is 3.39. The van der Waals surface area contributed by atoms with Crippen molar-refractivity contribution in [3.8, 4) is 5.75 Å². The average Bonchev–Trinajstić information content (AvgIpc) is 3.08. The lowest BCUT2D eigenvalue weighted by atomic mass is 10.1. The van der Waals surface area contributed by atoms with E-state index in [0.29, 0.717) is 13.2 Å². The lowest BCUT2D eigenvalue weighted by molar-refractivity contribution is -0.128. The Morgan fingerprint density at radius 2 is 2.26 bits per heavy atom. The van der Waals surface area contributed by atoms with Gasteiger partial charge in [-0.25, -0.2) is 9.37 Å². The van der Waals surface area contributed by atoms with Gasteiger partial charge in [0.15, 0.2) is 11.6 Å². The maximum Gasteiger partial charge on any atom is 0.228 e. The first-order chi connectivity index (χ1) is 13.1. The molecule has 0 aliphatic heterocycles. The van der Waals surface area contributed by atoms with Gasteiger partial charge >= 0.3 is 0 Å². The monoisotopic (exact) mass is 389 g/mol. The second-order valence-corrected chi connectivity index (χ2v) is 7.55. The number of hydrogen-bond acceptors (Lipinski definition) is 5. The summed E-state index contributed by atoms with van der Waals surface area (Å²) in [7, 11) is 1.60. The minimum absolute atomic E-state index is 0.00136. The van der Waals surface area contributed by atoms with Gasteiger partial charge in [0.25, 0.3) is 0 Å². The number of nitrogens with one attached hydrogen (secondary N) is 2. The van der Waals surface area contributed by atoms with Crippen molar-refractivity contribution in [3.63, 3.8) is 0 Å². The average molecular weight is 389 g/mol. The van der Waals surface area contributed by atoms with Gasteiger partial charge in [-0.3, -0.25) is 4.79 Å². The van der Waals surface area contributed by atoms with Crippen molar-refractivity contribution in [2.24, 2.45) is 5.41 Å². The van der Waals surface area contributed by atoms with Crippen LogP contribution in [0.2, 0.25) is 0 Å². The fraction of sp³-hybridized carbons (Fsp3) is 0.368. The molecule has 0 bridgehead atoms. The molecule has 6 nitrogen and oxygen atoms in total. The molecule has 1 aromatic carbocycles. The molecule has 1 aliphatic carbocycles. The normalized spacial score (nSPS) is 15.0. The zero-order valence-electron chi connectivity index (χ0n) is 14.9. The van der Waals surface area contributed by atoms with Crippen molar-refractivity contribution in [2.45, 2.75) is 26.0 Å². The number of aromatic amines is 1. The molecule has 1 aliphatic rings. The summed E-state index contributed by atoms with van der Waals surface area (Å²) >= 11 is 1.47. The third kappa shape index (κ3) is 3.81. The topological polar surface area (TPSA) is 76.2 Å². The number of aromatic nitrogens is 2. The maximum atomic E-state index is 14.3. The van der Waals surface area contributed by atoms with E-state index in [2.05, 4.69) is 15.3 Å². The Bertz CT molecular complexity index is 951. The number of hydrogen-bond donors (Lipinski definition) is 2. The minimum atomic E-state index is -0.427. The fourth-order valence-electron chi connectivity index (χ4n) is 3.09. The van der Waals surface area contributed by atoms with Crippen LogP contribution in [0.25, 0.3) is 10.9 Å². The van der Waals surface area contributed by atoms with E-state index < -0.39 is 5.82 Å². The smallest absolute Gasteiger partial charge is 0.228 e. The summed E-state index contributed by atoms with van der Waals surface area (Å²) in [6.07, 6.45) is 1.70. The lowest BCUT2D eigenvalue weighted by Gasteiger charge is -2.13. The highest BCUT2D eigenvalue weighted by Crippen LogP contribution is 2.46. The summed E-state index contributed by atoms with van der Waals surface area (Å²) in [5.41, 5.74) is 3.67. The van der Waals surface area contributed by atoms with Gasteiger partial charge in [-0.05, 0) is 25.0 Å². The molecular weight excluding hydrogens is 369 g/mol. The Morgan fingerprint density at radius 3 is 2.96 bits per heavy atom. The quantitative estimate of drug-likeness (QED) is 0.619. The first-order valence-corrected chi connectivity index (χ1v) is 9.62. The molecule has 3 aromatic rings. The molecule has 8 heteroatoms. The van der Waals surface area contributed by atoms with Crippen LogP contribution in [-0.2, 0) is 22.7 Å². The molecule has 0 spiro atoms. The lowest BCUT2D eigenvalue weighted by Crippen LogP contribution is -2.34. The van der Waals surface area contributed by atoms with Gasteiger partial charge in [-0.1, -0.05) is 0 Å². The van der Waals surface area contributed by atoms with Gasteiger partial charge in [0.1, 0.15) is 6.61 Å². The molecule has 2 N–H and O–H groups in total. The Labute approximate surface area is 159 Å².